The van der Waals surface area contributed by atoms with E-state index in [9.17, 15) is 19.1 Å². The topological polar surface area (TPSA) is 57.6 Å². The first-order valence-corrected chi connectivity index (χ1v) is 9.04. The third kappa shape index (κ3) is 3.11. The van der Waals surface area contributed by atoms with Crippen LogP contribution in [0.3, 0.4) is 0 Å². The van der Waals surface area contributed by atoms with Gasteiger partial charge in [-0.25, -0.2) is 8.78 Å². The highest BCUT2D eigenvalue weighted by molar-refractivity contribution is 6.12. The van der Waals surface area contributed by atoms with Gasteiger partial charge in [-0.3, -0.25) is 9.59 Å². The fraction of sp³-hybridized carbons (Fsp3) is 0.130. The van der Waals surface area contributed by atoms with Crippen molar-refractivity contribution in [1.29, 1.82) is 0 Å². The highest BCUT2D eigenvalue weighted by Crippen LogP contribution is 2.44. The second-order valence-corrected chi connectivity index (χ2v) is 6.89. The van der Waals surface area contributed by atoms with Crippen LogP contribution < -0.4 is 4.90 Å². The molecule has 1 aliphatic rings. The molecule has 2 atom stereocenters. The molecule has 4 rings (SSSR count). The van der Waals surface area contributed by atoms with Gasteiger partial charge in [-0.2, -0.15) is 0 Å². The zero-order valence-electron chi connectivity index (χ0n) is 15.3. The van der Waals surface area contributed by atoms with Crippen molar-refractivity contribution in [2.24, 2.45) is 0 Å². The summed E-state index contributed by atoms with van der Waals surface area (Å²) in [7, 11) is 0. The summed E-state index contributed by atoms with van der Waals surface area (Å²) in [6.45, 7) is 0.121. The number of ketones is 1. The molecule has 1 heterocycles. The van der Waals surface area contributed by atoms with E-state index in [0.717, 1.165) is 29.8 Å². The van der Waals surface area contributed by atoms with Gasteiger partial charge >= 0.3 is 0 Å². The van der Waals surface area contributed by atoms with Crippen LogP contribution in [0.5, 0.6) is 0 Å². The monoisotopic (exact) mass is 393 g/mol. The fourth-order valence-corrected chi connectivity index (χ4v) is 3.58. The average molecular weight is 393 g/mol. The number of halogens is 2. The first-order chi connectivity index (χ1) is 13.9. The van der Waals surface area contributed by atoms with Gasteiger partial charge in [0.25, 0.3) is 5.91 Å². The summed E-state index contributed by atoms with van der Waals surface area (Å²) in [4.78, 5) is 27.1. The first kappa shape index (κ1) is 19.0. The highest BCUT2D eigenvalue weighted by atomic mass is 19.1. The number of nitrogens with zero attached hydrogens (tertiary/aromatic N) is 1. The number of alkyl halides is 1. The molecule has 0 unspecified atom stereocenters. The number of Topliss-reactive ketones (excluding diaryl/α,β-unsaturated/α-hetero) is 1. The van der Waals surface area contributed by atoms with Crippen molar-refractivity contribution in [3.8, 4) is 0 Å². The van der Waals surface area contributed by atoms with Crippen LogP contribution in [0.1, 0.15) is 21.5 Å². The molecule has 0 saturated heterocycles. The lowest BCUT2D eigenvalue weighted by molar-refractivity contribution is -0.141. The summed E-state index contributed by atoms with van der Waals surface area (Å²) in [5.41, 5.74) is -1.61. The molecule has 0 saturated carbocycles. The van der Waals surface area contributed by atoms with Crippen molar-refractivity contribution in [2.75, 3.05) is 4.90 Å². The van der Waals surface area contributed by atoms with E-state index in [0.29, 0.717) is 5.69 Å². The maximum atomic E-state index is 15.4. The predicted molar refractivity (Wildman–Crippen MR) is 104 cm³/mol. The Morgan fingerprint density at radius 3 is 2.28 bits per heavy atom. The highest BCUT2D eigenvalue weighted by Gasteiger charge is 2.57. The van der Waals surface area contributed by atoms with Gasteiger partial charge in [0, 0.05) is 11.1 Å². The summed E-state index contributed by atoms with van der Waals surface area (Å²) >= 11 is 0. The molecule has 1 amide bonds. The molecule has 0 aromatic heterocycles. The second-order valence-electron chi connectivity index (χ2n) is 6.89. The predicted octanol–water partition coefficient (Wildman–Crippen LogP) is 3.78. The molecule has 0 radical (unpaired) electrons. The minimum absolute atomic E-state index is 0.0314. The number of carbonyl (C=O) groups is 2. The normalized spacial score (nSPS) is 19.1. The van der Waals surface area contributed by atoms with E-state index in [1.54, 1.807) is 18.2 Å². The van der Waals surface area contributed by atoms with Crippen LogP contribution in [0.4, 0.5) is 14.5 Å². The Hall–Kier alpha value is -3.38. The number of benzene rings is 3. The molecule has 0 fully saturated rings. The number of para-hydroxylation sites is 1. The number of amides is 1. The Morgan fingerprint density at radius 2 is 1.59 bits per heavy atom. The van der Waals surface area contributed by atoms with E-state index in [2.05, 4.69) is 0 Å². The van der Waals surface area contributed by atoms with Crippen molar-refractivity contribution in [1.82, 2.24) is 0 Å². The summed E-state index contributed by atoms with van der Waals surface area (Å²) in [6.07, 6.45) is -2.54. The van der Waals surface area contributed by atoms with E-state index in [1.807, 2.05) is 30.3 Å². The Balaban J connectivity index is 1.73. The van der Waals surface area contributed by atoms with E-state index < -0.39 is 29.3 Å². The lowest BCUT2D eigenvalue weighted by Crippen LogP contribution is -2.49. The van der Waals surface area contributed by atoms with Crippen molar-refractivity contribution >= 4 is 17.4 Å². The Morgan fingerprint density at radius 1 is 0.966 bits per heavy atom. The smallest absolute Gasteiger partial charge is 0.267 e. The van der Waals surface area contributed by atoms with Gasteiger partial charge in [-0.15, -0.1) is 0 Å². The molecule has 3 aromatic rings. The van der Waals surface area contributed by atoms with Crippen molar-refractivity contribution in [3.05, 3.63) is 101 Å². The Kier molecular flexibility index (Phi) is 4.72. The summed E-state index contributed by atoms with van der Waals surface area (Å²) in [5, 5.41) is 11.2. The van der Waals surface area contributed by atoms with Crippen LogP contribution in [-0.2, 0) is 16.9 Å². The van der Waals surface area contributed by atoms with Crippen molar-refractivity contribution in [3.63, 3.8) is 0 Å². The molecular weight excluding hydrogens is 376 g/mol. The molecular formula is C23H17F2NO3. The van der Waals surface area contributed by atoms with Crippen LogP contribution in [0, 0.1) is 5.82 Å². The lowest BCUT2D eigenvalue weighted by atomic mass is 9.86. The lowest BCUT2D eigenvalue weighted by Gasteiger charge is -2.26. The number of hydrogen-bond donors (Lipinski definition) is 1. The van der Waals surface area contributed by atoms with Gasteiger partial charge in [-0.05, 0) is 35.9 Å². The quantitative estimate of drug-likeness (QED) is 0.671. The zero-order valence-corrected chi connectivity index (χ0v) is 15.3. The van der Waals surface area contributed by atoms with Gasteiger partial charge in [0.05, 0.1) is 12.2 Å². The minimum atomic E-state index is -2.66. The minimum Gasteiger partial charge on any atom is -0.373 e. The van der Waals surface area contributed by atoms with Crippen LogP contribution in [0.2, 0.25) is 0 Å². The van der Waals surface area contributed by atoms with E-state index in [1.165, 1.54) is 11.0 Å². The third-order valence-corrected chi connectivity index (χ3v) is 5.09. The molecule has 1 N–H and O–H groups in total. The van der Waals surface area contributed by atoms with Gasteiger partial charge in [0.2, 0.25) is 17.6 Å². The van der Waals surface area contributed by atoms with Crippen LogP contribution in [-0.4, -0.2) is 23.0 Å². The van der Waals surface area contributed by atoms with Gasteiger partial charge in [-0.1, -0.05) is 48.5 Å². The van der Waals surface area contributed by atoms with Crippen LogP contribution in [0.15, 0.2) is 78.9 Å². The summed E-state index contributed by atoms with van der Waals surface area (Å²) < 4.78 is 28.5. The van der Waals surface area contributed by atoms with Crippen LogP contribution >= 0.6 is 0 Å². The number of anilines is 1. The molecule has 1 aliphatic heterocycles. The van der Waals surface area contributed by atoms with Gasteiger partial charge < -0.3 is 10.0 Å². The molecule has 0 aliphatic carbocycles. The van der Waals surface area contributed by atoms with E-state index in [4.69, 9.17) is 0 Å². The van der Waals surface area contributed by atoms with Crippen LogP contribution in [0.25, 0.3) is 0 Å². The first-order valence-electron chi connectivity index (χ1n) is 9.04. The largest absolute Gasteiger partial charge is 0.373 e. The Bertz CT molecular complexity index is 1070. The molecule has 3 aromatic carbocycles. The summed E-state index contributed by atoms with van der Waals surface area (Å²) in [6, 6.07) is 19.6. The van der Waals surface area contributed by atoms with Crippen molar-refractivity contribution in [2.45, 2.75) is 18.3 Å². The number of aliphatic hydroxyl groups is 1. The third-order valence-electron chi connectivity index (χ3n) is 5.09. The number of rotatable bonds is 5. The molecule has 29 heavy (non-hydrogen) atoms. The maximum Gasteiger partial charge on any atom is 0.267 e. The standard InChI is InChI=1S/C23H17F2NO3/c24-17-12-10-16(11-13-17)20(27)21(25)23(29)18-8-4-5-9-19(18)26(22(23)28)14-15-6-2-1-3-7-15/h1-13,21,29H,14H2/t21-,23-/m1/s1. The van der Waals surface area contributed by atoms with E-state index in [-0.39, 0.29) is 17.7 Å². The summed E-state index contributed by atoms with van der Waals surface area (Å²) in [5.74, 6) is -2.57. The molecule has 4 nitrogen and oxygen atoms in total. The molecule has 6 heteroatoms. The molecule has 146 valence electrons. The van der Waals surface area contributed by atoms with E-state index >= 15 is 4.39 Å². The number of fused-ring (bicyclic) bond motifs is 1. The second kappa shape index (κ2) is 7.22. The van der Waals surface area contributed by atoms with Gasteiger partial charge in [0.1, 0.15) is 5.82 Å². The zero-order chi connectivity index (χ0) is 20.6. The average Bonchev–Trinajstić information content (AvgIpc) is 2.97. The fourth-order valence-electron chi connectivity index (χ4n) is 3.58. The van der Waals surface area contributed by atoms with Crippen molar-refractivity contribution < 1.29 is 23.5 Å². The molecule has 0 bridgehead atoms. The Labute approximate surface area is 166 Å². The molecule has 0 spiro atoms. The maximum absolute atomic E-state index is 15.4. The van der Waals surface area contributed by atoms with Gasteiger partial charge in [0.15, 0.2) is 0 Å². The number of carbonyl (C=O) groups excluding carboxylic acids is 2. The SMILES string of the molecule is O=C(c1ccc(F)cc1)[C@@H](F)[C@@]1(O)C(=O)N(Cc2ccccc2)c2ccccc21. The number of hydrogen-bond acceptors (Lipinski definition) is 3.